The van der Waals surface area contributed by atoms with E-state index in [1.807, 2.05) is 10.7 Å². The highest BCUT2D eigenvalue weighted by Crippen LogP contribution is 2.33. The number of halogens is 3. The van der Waals surface area contributed by atoms with Gasteiger partial charge in [-0.25, -0.2) is 0 Å². The van der Waals surface area contributed by atoms with E-state index in [1.54, 1.807) is 6.20 Å². The van der Waals surface area contributed by atoms with Crippen LogP contribution in [0.4, 0.5) is 0 Å². The Morgan fingerprint density at radius 2 is 1.95 bits per heavy atom. The van der Waals surface area contributed by atoms with Gasteiger partial charge in [-0.2, -0.15) is 5.10 Å². The van der Waals surface area contributed by atoms with Gasteiger partial charge in [0.2, 0.25) is 0 Å². The van der Waals surface area contributed by atoms with Crippen molar-refractivity contribution in [2.24, 2.45) is 5.73 Å². The van der Waals surface area contributed by atoms with Crippen LogP contribution in [0.5, 0.6) is 0 Å². The zero-order chi connectivity index (χ0) is 14.2. The van der Waals surface area contributed by atoms with Gasteiger partial charge in [0.25, 0.3) is 0 Å². The van der Waals surface area contributed by atoms with Crippen molar-refractivity contribution < 1.29 is 0 Å². The van der Waals surface area contributed by atoms with Crippen molar-refractivity contribution in [2.45, 2.75) is 25.9 Å². The maximum Gasteiger partial charge on any atom is 0.0746 e. The lowest BCUT2D eigenvalue weighted by molar-refractivity contribution is 0.498. The van der Waals surface area contributed by atoms with E-state index in [9.17, 15) is 0 Å². The van der Waals surface area contributed by atoms with Gasteiger partial charge in [0, 0.05) is 14.1 Å². The molecular formula is C13H14Br2IN3. The minimum atomic E-state index is -0.219. The SMILES string of the molecule is CC(C)n1ncc(Br)c1C(N)c1cc(I)ccc1Br. The van der Waals surface area contributed by atoms with Crippen molar-refractivity contribution in [3.63, 3.8) is 0 Å². The van der Waals surface area contributed by atoms with Gasteiger partial charge < -0.3 is 5.73 Å². The Morgan fingerprint density at radius 3 is 2.58 bits per heavy atom. The molecule has 1 heterocycles. The molecule has 0 saturated carbocycles. The van der Waals surface area contributed by atoms with Crippen LogP contribution in [-0.2, 0) is 0 Å². The van der Waals surface area contributed by atoms with E-state index in [0.717, 1.165) is 23.8 Å². The van der Waals surface area contributed by atoms with E-state index in [4.69, 9.17) is 5.73 Å². The Hall–Kier alpha value is 0.0800. The third-order valence-electron chi connectivity index (χ3n) is 2.86. The second kappa shape index (κ2) is 6.24. The number of hydrogen-bond donors (Lipinski definition) is 1. The first-order chi connectivity index (χ1) is 8.91. The van der Waals surface area contributed by atoms with E-state index in [0.29, 0.717) is 0 Å². The van der Waals surface area contributed by atoms with Gasteiger partial charge in [-0.05, 0) is 76.1 Å². The minimum absolute atomic E-state index is 0.219. The maximum atomic E-state index is 6.45. The smallest absolute Gasteiger partial charge is 0.0746 e. The first-order valence-electron chi connectivity index (χ1n) is 5.85. The summed E-state index contributed by atoms with van der Waals surface area (Å²) >= 11 is 9.41. The van der Waals surface area contributed by atoms with Crippen LogP contribution in [0.25, 0.3) is 0 Å². The van der Waals surface area contributed by atoms with Crippen molar-refractivity contribution in [3.8, 4) is 0 Å². The average molecular weight is 499 g/mol. The van der Waals surface area contributed by atoms with Crippen molar-refractivity contribution in [1.82, 2.24) is 9.78 Å². The molecule has 0 aliphatic rings. The molecule has 3 nitrogen and oxygen atoms in total. The van der Waals surface area contributed by atoms with Crippen molar-refractivity contribution in [2.75, 3.05) is 0 Å². The van der Waals surface area contributed by atoms with Gasteiger partial charge in [-0.3, -0.25) is 4.68 Å². The number of aromatic nitrogens is 2. The summed E-state index contributed by atoms with van der Waals surface area (Å²) in [6.07, 6.45) is 1.80. The molecule has 1 atom stereocenters. The molecule has 1 aromatic heterocycles. The monoisotopic (exact) mass is 497 g/mol. The summed E-state index contributed by atoms with van der Waals surface area (Å²) in [5.74, 6) is 0. The molecule has 2 rings (SSSR count). The standard InChI is InChI=1S/C13H14Br2IN3/c1-7(2)19-13(11(15)6-18-19)12(17)9-5-8(16)3-4-10(9)14/h3-7,12H,17H2,1-2H3. The van der Waals surface area contributed by atoms with Crippen molar-refractivity contribution >= 4 is 54.5 Å². The first-order valence-corrected chi connectivity index (χ1v) is 8.51. The molecule has 0 bridgehead atoms. The molecule has 6 heteroatoms. The zero-order valence-corrected chi connectivity index (χ0v) is 15.9. The Balaban J connectivity index is 2.52. The van der Waals surface area contributed by atoms with Gasteiger partial charge >= 0.3 is 0 Å². The normalized spacial score (nSPS) is 13.0. The minimum Gasteiger partial charge on any atom is -0.319 e. The fraction of sp³-hybridized carbons (Fsp3) is 0.308. The van der Waals surface area contributed by atoms with Crippen LogP contribution in [0.1, 0.15) is 37.2 Å². The fourth-order valence-corrected chi connectivity index (χ4v) is 3.48. The molecule has 0 spiro atoms. The molecule has 0 aliphatic heterocycles. The van der Waals surface area contributed by atoms with Crippen LogP contribution in [0, 0.1) is 3.57 Å². The number of nitrogens with zero attached hydrogens (tertiary/aromatic N) is 2. The van der Waals surface area contributed by atoms with Crippen LogP contribution in [0.3, 0.4) is 0 Å². The van der Waals surface area contributed by atoms with Gasteiger partial charge in [-0.15, -0.1) is 0 Å². The summed E-state index contributed by atoms with van der Waals surface area (Å²) in [7, 11) is 0. The Kier molecular flexibility index (Phi) is 5.08. The van der Waals surface area contributed by atoms with E-state index in [2.05, 4.69) is 85.5 Å². The molecule has 2 aromatic rings. The van der Waals surface area contributed by atoms with Gasteiger partial charge in [-0.1, -0.05) is 15.9 Å². The van der Waals surface area contributed by atoms with Crippen LogP contribution < -0.4 is 5.73 Å². The molecule has 0 saturated heterocycles. The predicted octanol–water partition coefficient (Wildman–Crippen LogP) is 4.64. The summed E-state index contributed by atoms with van der Waals surface area (Å²) < 4.78 is 5.09. The lowest BCUT2D eigenvalue weighted by Gasteiger charge is -2.19. The van der Waals surface area contributed by atoms with Crippen LogP contribution in [0.15, 0.2) is 33.3 Å². The Morgan fingerprint density at radius 1 is 1.26 bits per heavy atom. The summed E-state index contributed by atoms with van der Waals surface area (Å²) in [5.41, 5.74) is 8.51. The topological polar surface area (TPSA) is 43.8 Å². The van der Waals surface area contributed by atoms with Crippen LogP contribution in [-0.4, -0.2) is 9.78 Å². The zero-order valence-electron chi connectivity index (χ0n) is 10.6. The highest BCUT2D eigenvalue weighted by molar-refractivity contribution is 14.1. The first kappa shape index (κ1) is 15.5. The number of nitrogens with two attached hydrogens (primary N) is 1. The Bertz CT molecular complexity index is 596. The van der Waals surface area contributed by atoms with Crippen molar-refractivity contribution in [1.29, 1.82) is 0 Å². The molecule has 0 amide bonds. The Labute approximate surface area is 143 Å². The van der Waals surface area contributed by atoms with Crippen LogP contribution in [0.2, 0.25) is 0 Å². The van der Waals surface area contributed by atoms with E-state index < -0.39 is 0 Å². The summed E-state index contributed by atoms with van der Waals surface area (Å²) in [6, 6.07) is 6.23. The predicted molar refractivity (Wildman–Crippen MR) is 93.2 cm³/mol. The molecular weight excluding hydrogens is 485 g/mol. The summed E-state index contributed by atoms with van der Waals surface area (Å²) in [5, 5.41) is 4.39. The molecule has 0 radical (unpaired) electrons. The second-order valence-corrected chi connectivity index (χ2v) is 7.51. The lowest BCUT2D eigenvalue weighted by Crippen LogP contribution is -2.19. The number of rotatable bonds is 3. The molecule has 1 aromatic carbocycles. The number of benzene rings is 1. The molecule has 0 fully saturated rings. The quantitative estimate of drug-likeness (QED) is 0.626. The highest BCUT2D eigenvalue weighted by atomic mass is 127. The van der Waals surface area contributed by atoms with E-state index >= 15 is 0 Å². The maximum absolute atomic E-state index is 6.45. The third kappa shape index (κ3) is 3.22. The molecule has 102 valence electrons. The lowest BCUT2D eigenvalue weighted by atomic mass is 10.0. The fourth-order valence-electron chi connectivity index (χ4n) is 1.95. The van der Waals surface area contributed by atoms with Crippen molar-refractivity contribution in [3.05, 3.63) is 48.2 Å². The second-order valence-electron chi connectivity index (χ2n) is 4.56. The summed E-state index contributed by atoms with van der Waals surface area (Å²) in [6.45, 7) is 4.19. The van der Waals surface area contributed by atoms with Gasteiger partial charge in [0.15, 0.2) is 0 Å². The molecule has 0 aliphatic carbocycles. The highest BCUT2D eigenvalue weighted by Gasteiger charge is 2.21. The molecule has 19 heavy (non-hydrogen) atoms. The van der Waals surface area contributed by atoms with E-state index in [1.165, 1.54) is 0 Å². The third-order valence-corrected chi connectivity index (χ3v) is 4.87. The van der Waals surface area contributed by atoms with Gasteiger partial charge in [0.1, 0.15) is 0 Å². The molecule has 1 unspecified atom stereocenters. The number of hydrogen-bond acceptors (Lipinski definition) is 2. The summed E-state index contributed by atoms with van der Waals surface area (Å²) in [4.78, 5) is 0. The molecule has 2 N–H and O–H groups in total. The van der Waals surface area contributed by atoms with Crippen LogP contribution >= 0.6 is 54.5 Å². The average Bonchev–Trinajstić information content (AvgIpc) is 2.73. The van der Waals surface area contributed by atoms with E-state index in [-0.39, 0.29) is 12.1 Å². The largest absolute Gasteiger partial charge is 0.319 e. The van der Waals surface area contributed by atoms with Gasteiger partial charge in [0.05, 0.1) is 22.4 Å².